The second-order valence-corrected chi connectivity index (χ2v) is 8.86. The van der Waals surface area contributed by atoms with Crippen LogP contribution >= 0.6 is 0 Å². The fourth-order valence-corrected chi connectivity index (χ4v) is 4.48. The van der Waals surface area contributed by atoms with Gasteiger partial charge in [-0.25, -0.2) is 0 Å². The van der Waals surface area contributed by atoms with Crippen LogP contribution in [0.15, 0.2) is 75.9 Å². The zero-order chi connectivity index (χ0) is 23.8. The third-order valence-electron chi connectivity index (χ3n) is 6.28. The summed E-state index contributed by atoms with van der Waals surface area (Å²) in [7, 11) is 0. The smallest absolute Gasteiger partial charge is 0.295 e. The fourth-order valence-electron chi connectivity index (χ4n) is 4.48. The molecule has 0 N–H and O–H groups in total. The molecule has 0 bridgehead atoms. The van der Waals surface area contributed by atoms with E-state index in [9.17, 15) is 9.59 Å². The molecule has 172 valence electrons. The van der Waals surface area contributed by atoms with E-state index in [0.29, 0.717) is 28.8 Å². The monoisotopic (exact) mass is 453 g/mol. The Kier molecular flexibility index (Phi) is 5.70. The van der Waals surface area contributed by atoms with Crippen LogP contribution in [-0.4, -0.2) is 12.5 Å². The van der Waals surface area contributed by atoms with Gasteiger partial charge in [0, 0.05) is 5.69 Å². The third kappa shape index (κ3) is 3.77. The normalized spacial score (nSPS) is 15.1. The Hall–Kier alpha value is -3.86. The number of hydrogen-bond donors (Lipinski definition) is 0. The predicted octanol–water partition coefficient (Wildman–Crippen LogP) is 6.34. The molecule has 1 atom stereocenters. The molecule has 0 saturated heterocycles. The molecule has 1 aliphatic heterocycles. The first kappa shape index (κ1) is 22.0. The minimum atomic E-state index is -0.610. The van der Waals surface area contributed by atoms with E-state index in [2.05, 4.69) is 6.92 Å². The number of nitrogens with zero attached hydrogens (tertiary/aromatic N) is 1. The second-order valence-electron chi connectivity index (χ2n) is 8.86. The van der Waals surface area contributed by atoms with Gasteiger partial charge in [0.25, 0.3) is 5.91 Å². The van der Waals surface area contributed by atoms with Crippen molar-refractivity contribution in [1.29, 1.82) is 0 Å². The Morgan fingerprint density at radius 3 is 2.47 bits per heavy atom. The van der Waals surface area contributed by atoms with E-state index in [0.717, 1.165) is 35.3 Å². The SMILES string of the molecule is CCCCOc1cccc(C2c3c(oc4ccc(C)cc4c3=O)C(=O)N2c2ccc(C)cc2)c1. The molecule has 0 spiro atoms. The lowest BCUT2D eigenvalue weighted by Crippen LogP contribution is -2.29. The largest absolute Gasteiger partial charge is 0.494 e. The average Bonchev–Trinajstić information content (AvgIpc) is 3.13. The Bertz CT molecular complexity index is 1440. The van der Waals surface area contributed by atoms with E-state index in [4.69, 9.17) is 9.15 Å². The summed E-state index contributed by atoms with van der Waals surface area (Å²) in [4.78, 5) is 29.1. The topological polar surface area (TPSA) is 59.8 Å². The predicted molar refractivity (Wildman–Crippen MR) is 134 cm³/mol. The standard InChI is InChI=1S/C29H27NO4/c1-4-5-15-33-22-8-6-7-20(17-22)26-25-27(31)23-16-19(3)11-14-24(23)34-28(25)29(32)30(26)21-12-9-18(2)10-13-21/h6-14,16-17,26H,4-5,15H2,1-3H3. The highest BCUT2D eigenvalue weighted by atomic mass is 16.5. The van der Waals surface area contributed by atoms with Crippen LogP contribution in [0.5, 0.6) is 5.75 Å². The summed E-state index contributed by atoms with van der Waals surface area (Å²) < 4.78 is 12.0. The van der Waals surface area contributed by atoms with Crippen molar-refractivity contribution in [3.63, 3.8) is 0 Å². The summed E-state index contributed by atoms with van der Waals surface area (Å²) in [5, 5.41) is 0.484. The zero-order valence-corrected chi connectivity index (χ0v) is 19.6. The van der Waals surface area contributed by atoms with Gasteiger partial charge >= 0.3 is 0 Å². The van der Waals surface area contributed by atoms with E-state index in [1.54, 1.807) is 11.0 Å². The number of hydrogen-bond acceptors (Lipinski definition) is 4. The molecule has 0 saturated carbocycles. The van der Waals surface area contributed by atoms with Gasteiger partial charge in [-0.2, -0.15) is 0 Å². The lowest BCUT2D eigenvalue weighted by Gasteiger charge is -2.25. The Balaban J connectivity index is 1.71. The van der Waals surface area contributed by atoms with Crippen molar-refractivity contribution in [2.45, 2.75) is 39.7 Å². The molecule has 5 rings (SSSR count). The van der Waals surface area contributed by atoms with Gasteiger partial charge in [-0.15, -0.1) is 0 Å². The number of carbonyl (C=O) groups is 1. The molecule has 1 unspecified atom stereocenters. The van der Waals surface area contributed by atoms with E-state index in [-0.39, 0.29) is 17.1 Å². The van der Waals surface area contributed by atoms with Gasteiger partial charge in [0.15, 0.2) is 5.43 Å². The van der Waals surface area contributed by atoms with Crippen molar-refractivity contribution in [3.05, 3.63) is 105 Å². The van der Waals surface area contributed by atoms with Crippen LogP contribution in [0.3, 0.4) is 0 Å². The molecule has 1 aliphatic rings. The lowest BCUT2D eigenvalue weighted by atomic mass is 9.97. The lowest BCUT2D eigenvalue weighted by molar-refractivity contribution is 0.0971. The van der Waals surface area contributed by atoms with Gasteiger partial charge in [0.05, 0.1) is 23.6 Å². The number of benzene rings is 3. The summed E-state index contributed by atoms with van der Waals surface area (Å²) in [6, 6.07) is 20.2. The van der Waals surface area contributed by atoms with Gasteiger partial charge < -0.3 is 9.15 Å². The maximum Gasteiger partial charge on any atom is 0.295 e. The van der Waals surface area contributed by atoms with Gasteiger partial charge in [-0.3, -0.25) is 14.5 Å². The highest BCUT2D eigenvalue weighted by molar-refractivity contribution is 6.10. The second kappa shape index (κ2) is 8.82. The molecular weight excluding hydrogens is 426 g/mol. The van der Waals surface area contributed by atoms with E-state index >= 15 is 0 Å². The van der Waals surface area contributed by atoms with Crippen LogP contribution < -0.4 is 15.1 Å². The molecule has 0 fully saturated rings. The van der Waals surface area contributed by atoms with Crippen LogP contribution in [0.25, 0.3) is 11.0 Å². The summed E-state index contributed by atoms with van der Waals surface area (Å²) in [6.07, 6.45) is 2.00. The average molecular weight is 454 g/mol. The third-order valence-corrected chi connectivity index (χ3v) is 6.28. The number of anilines is 1. The molecular formula is C29H27NO4. The van der Waals surface area contributed by atoms with Crippen LogP contribution in [0.1, 0.15) is 58.6 Å². The fraction of sp³-hybridized carbons (Fsp3) is 0.241. The molecule has 1 aromatic heterocycles. The van der Waals surface area contributed by atoms with Crippen molar-refractivity contribution in [1.82, 2.24) is 0 Å². The molecule has 3 aromatic carbocycles. The van der Waals surface area contributed by atoms with Crippen molar-refractivity contribution in [2.75, 3.05) is 11.5 Å². The molecule has 2 heterocycles. The Morgan fingerprint density at radius 1 is 0.941 bits per heavy atom. The molecule has 34 heavy (non-hydrogen) atoms. The van der Waals surface area contributed by atoms with E-state index in [1.165, 1.54) is 0 Å². The molecule has 0 aliphatic carbocycles. The van der Waals surface area contributed by atoms with E-state index in [1.807, 2.05) is 74.5 Å². The van der Waals surface area contributed by atoms with Gasteiger partial charge in [-0.1, -0.05) is 54.8 Å². The highest BCUT2D eigenvalue weighted by Crippen LogP contribution is 2.42. The first-order chi connectivity index (χ1) is 16.5. The van der Waals surface area contributed by atoms with Crippen LogP contribution in [0.2, 0.25) is 0 Å². The Labute approximate surface area is 198 Å². The van der Waals surface area contributed by atoms with Crippen molar-refractivity contribution in [2.24, 2.45) is 0 Å². The number of unbranched alkanes of at least 4 members (excludes halogenated alkanes) is 1. The first-order valence-electron chi connectivity index (χ1n) is 11.7. The van der Waals surface area contributed by atoms with Crippen LogP contribution in [0, 0.1) is 13.8 Å². The maximum atomic E-state index is 13.8. The Morgan fingerprint density at radius 2 is 1.71 bits per heavy atom. The molecule has 1 amide bonds. The number of ether oxygens (including phenoxy) is 1. The van der Waals surface area contributed by atoms with Gasteiger partial charge in [0.2, 0.25) is 5.76 Å². The quantitative estimate of drug-likeness (QED) is 0.320. The molecule has 5 heteroatoms. The molecule has 4 aromatic rings. The summed E-state index contributed by atoms with van der Waals surface area (Å²) in [6.45, 7) is 6.67. The van der Waals surface area contributed by atoms with E-state index < -0.39 is 6.04 Å². The minimum Gasteiger partial charge on any atom is -0.494 e. The molecule has 0 radical (unpaired) electrons. The first-order valence-corrected chi connectivity index (χ1v) is 11.7. The van der Waals surface area contributed by atoms with Crippen molar-refractivity contribution in [3.8, 4) is 5.75 Å². The van der Waals surface area contributed by atoms with Crippen molar-refractivity contribution < 1.29 is 13.9 Å². The number of rotatable bonds is 6. The number of carbonyl (C=O) groups excluding carboxylic acids is 1. The van der Waals surface area contributed by atoms with Crippen LogP contribution in [-0.2, 0) is 0 Å². The highest BCUT2D eigenvalue weighted by Gasteiger charge is 2.43. The summed E-state index contributed by atoms with van der Waals surface area (Å²) >= 11 is 0. The van der Waals surface area contributed by atoms with Gasteiger partial charge in [0.1, 0.15) is 11.3 Å². The number of aryl methyl sites for hydroxylation is 2. The minimum absolute atomic E-state index is 0.101. The van der Waals surface area contributed by atoms with Gasteiger partial charge in [-0.05, 0) is 62.2 Å². The maximum absolute atomic E-state index is 13.8. The van der Waals surface area contributed by atoms with Crippen LogP contribution in [0.4, 0.5) is 5.69 Å². The molecule has 5 nitrogen and oxygen atoms in total. The number of amides is 1. The zero-order valence-electron chi connectivity index (χ0n) is 19.6. The summed E-state index contributed by atoms with van der Waals surface area (Å²) in [5.41, 5.74) is 4.18. The summed E-state index contributed by atoms with van der Waals surface area (Å²) in [5.74, 6) is 0.502. The van der Waals surface area contributed by atoms with Crippen molar-refractivity contribution >= 4 is 22.6 Å². The number of fused-ring (bicyclic) bond motifs is 2.